The van der Waals surface area contributed by atoms with Crippen LogP contribution in [-0.4, -0.2) is 19.1 Å². The highest BCUT2D eigenvalue weighted by Crippen LogP contribution is 2.45. The molecule has 2 aliphatic heterocycles. The van der Waals surface area contributed by atoms with E-state index in [0.29, 0.717) is 26.4 Å². The Hall–Kier alpha value is -3.15. The van der Waals surface area contributed by atoms with Crippen LogP contribution in [0.15, 0.2) is 78.9 Å². The van der Waals surface area contributed by atoms with Gasteiger partial charge in [-0.25, -0.2) is 0 Å². The largest absolute Gasteiger partial charge is 0.489 e. The van der Waals surface area contributed by atoms with Crippen LogP contribution in [-0.2, 0) is 33.2 Å². The molecular formula is C25H23NO4. The zero-order valence-corrected chi connectivity index (χ0v) is 16.6. The molecule has 1 spiro atoms. The van der Waals surface area contributed by atoms with Gasteiger partial charge in [0.25, 0.3) is 11.7 Å². The first-order valence-electron chi connectivity index (χ1n) is 10.2. The number of benzene rings is 3. The molecule has 1 fully saturated rings. The third-order valence-electron chi connectivity index (χ3n) is 5.49. The van der Waals surface area contributed by atoms with Gasteiger partial charge in [0, 0.05) is 5.56 Å². The monoisotopic (exact) mass is 401 g/mol. The van der Waals surface area contributed by atoms with Crippen molar-refractivity contribution < 1.29 is 19.0 Å². The molecule has 0 atom stereocenters. The van der Waals surface area contributed by atoms with Crippen LogP contribution in [0.4, 0.5) is 5.69 Å². The minimum absolute atomic E-state index is 0.159. The average molecular weight is 401 g/mol. The van der Waals surface area contributed by atoms with E-state index in [2.05, 4.69) is 0 Å². The number of nitrogens with zero attached hydrogens (tertiary/aromatic N) is 1. The van der Waals surface area contributed by atoms with Crippen molar-refractivity contribution in [1.29, 1.82) is 0 Å². The molecule has 0 radical (unpaired) electrons. The van der Waals surface area contributed by atoms with Gasteiger partial charge in [0.05, 0.1) is 25.4 Å². The zero-order valence-electron chi connectivity index (χ0n) is 16.6. The maximum atomic E-state index is 13.3. The second-order valence-electron chi connectivity index (χ2n) is 7.49. The maximum Gasteiger partial charge on any atom is 0.292 e. The molecular weight excluding hydrogens is 378 g/mol. The maximum absolute atomic E-state index is 13.3. The second kappa shape index (κ2) is 7.94. The smallest absolute Gasteiger partial charge is 0.292 e. The highest BCUT2D eigenvalue weighted by atomic mass is 16.7. The van der Waals surface area contributed by atoms with Gasteiger partial charge in [0.15, 0.2) is 0 Å². The summed E-state index contributed by atoms with van der Waals surface area (Å²) in [7, 11) is 0. The SMILES string of the molecule is O=C1N(Cc2ccc(OCc3ccccc3)cc2)c2ccccc2C12OCCCO2. The third kappa shape index (κ3) is 3.36. The predicted molar refractivity (Wildman–Crippen MR) is 113 cm³/mol. The molecule has 0 N–H and O–H groups in total. The molecule has 0 aliphatic carbocycles. The molecule has 0 unspecified atom stereocenters. The topological polar surface area (TPSA) is 48.0 Å². The number of hydrogen-bond acceptors (Lipinski definition) is 4. The number of carbonyl (C=O) groups excluding carboxylic acids is 1. The van der Waals surface area contributed by atoms with E-state index >= 15 is 0 Å². The number of fused-ring (bicyclic) bond motifs is 2. The molecule has 5 nitrogen and oxygen atoms in total. The lowest BCUT2D eigenvalue weighted by atomic mass is 10.1. The van der Waals surface area contributed by atoms with E-state index in [1.54, 1.807) is 4.90 Å². The van der Waals surface area contributed by atoms with Crippen LogP contribution in [0.5, 0.6) is 5.75 Å². The first kappa shape index (κ1) is 18.9. The molecule has 30 heavy (non-hydrogen) atoms. The number of amides is 1. The van der Waals surface area contributed by atoms with Crippen molar-refractivity contribution in [3.63, 3.8) is 0 Å². The van der Waals surface area contributed by atoms with Crippen LogP contribution in [0.25, 0.3) is 0 Å². The first-order valence-corrected chi connectivity index (χ1v) is 10.2. The number of rotatable bonds is 5. The summed E-state index contributed by atoms with van der Waals surface area (Å²) in [5.74, 6) is -0.660. The Balaban J connectivity index is 1.32. The third-order valence-corrected chi connectivity index (χ3v) is 5.49. The number of hydrogen-bond donors (Lipinski definition) is 0. The van der Waals surface area contributed by atoms with Crippen molar-refractivity contribution in [3.8, 4) is 5.75 Å². The summed E-state index contributed by atoms with van der Waals surface area (Å²) < 4.78 is 17.6. The standard InChI is InChI=1S/C25H23NO4/c27-24-25(29-15-6-16-30-25)22-9-4-5-10-23(22)26(24)17-19-11-13-21(14-12-19)28-18-20-7-2-1-3-8-20/h1-5,7-14H,6,15-18H2. The molecule has 1 amide bonds. The number of para-hydroxylation sites is 1. The Bertz CT molecular complexity index is 1030. The van der Waals surface area contributed by atoms with Crippen LogP contribution in [0.2, 0.25) is 0 Å². The van der Waals surface area contributed by atoms with Gasteiger partial charge in [-0.05, 0) is 35.7 Å². The summed E-state index contributed by atoms with van der Waals surface area (Å²) in [6, 6.07) is 25.6. The van der Waals surface area contributed by atoms with Crippen molar-refractivity contribution in [2.24, 2.45) is 0 Å². The highest BCUT2D eigenvalue weighted by Gasteiger charge is 2.54. The number of carbonyl (C=O) groups is 1. The number of ether oxygens (including phenoxy) is 3. The van der Waals surface area contributed by atoms with Gasteiger partial charge in [-0.15, -0.1) is 0 Å². The van der Waals surface area contributed by atoms with Gasteiger partial charge in [0.2, 0.25) is 0 Å². The lowest BCUT2D eigenvalue weighted by Gasteiger charge is -2.32. The summed E-state index contributed by atoms with van der Waals surface area (Å²) in [6.07, 6.45) is 0.793. The second-order valence-corrected chi connectivity index (χ2v) is 7.49. The molecule has 2 aliphatic rings. The molecule has 5 heteroatoms. The average Bonchev–Trinajstić information content (AvgIpc) is 3.03. The molecule has 5 rings (SSSR count). The van der Waals surface area contributed by atoms with Gasteiger partial charge in [-0.2, -0.15) is 0 Å². The minimum Gasteiger partial charge on any atom is -0.489 e. The Kier molecular flexibility index (Phi) is 4.99. The molecule has 1 saturated heterocycles. The molecule has 0 bridgehead atoms. The van der Waals surface area contributed by atoms with Crippen LogP contribution in [0.1, 0.15) is 23.1 Å². The molecule has 3 aromatic rings. The van der Waals surface area contributed by atoms with E-state index in [1.807, 2.05) is 78.9 Å². The van der Waals surface area contributed by atoms with Crippen molar-refractivity contribution >= 4 is 11.6 Å². The fourth-order valence-corrected chi connectivity index (χ4v) is 3.97. The number of anilines is 1. The van der Waals surface area contributed by atoms with Crippen LogP contribution < -0.4 is 9.64 Å². The zero-order chi connectivity index (χ0) is 20.4. The van der Waals surface area contributed by atoms with Crippen molar-refractivity contribution in [2.45, 2.75) is 25.4 Å². The van der Waals surface area contributed by atoms with Crippen LogP contribution in [0.3, 0.4) is 0 Å². The van der Waals surface area contributed by atoms with Crippen molar-refractivity contribution in [2.75, 3.05) is 18.1 Å². The van der Waals surface area contributed by atoms with E-state index in [4.69, 9.17) is 14.2 Å². The lowest BCUT2D eigenvalue weighted by molar-refractivity contribution is -0.256. The van der Waals surface area contributed by atoms with Crippen molar-refractivity contribution in [3.05, 3.63) is 95.6 Å². The van der Waals surface area contributed by atoms with Gasteiger partial charge in [-0.3, -0.25) is 4.79 Å². The quantitative estimate of drug-likeness (QED) is 0.636. The molecule has 0 saturated carbocycles. The van der Waals surface area contributed by atoms with E-state index in [1.165, 1.54) is 0 Å². The Morgan fingerprint density at radius 2 is 1.53 bits per heavy atom. The lowest BCUT2D eigenvalue weighted by Crippen LogP contribution is -2.47. The van der Waals surface area contributed by atoms with Gasteiger partial charge < -0.3 is 19.1 Å². The summed E-state index contributed by atoms with van der Waals surface area (Å²) in [4.78, 5) is 15.1. The van der Waals surface area contributed by atoms with Crippen LogP contribution >= 0.6 is 0 Å². The predicted octanol–water partition coefficient (Wildman–Crippen LogP) is 4.40. The van der Waals surface area contributed by atoms with Gasteiger partial charge in [0.1, 0.15) is 12.4 Å². The fraction of sp³-hybridized carbons (Fsp3) is 0.240. The van der Waals surface area contributed by atoms with Gasteiger partial charge >= 0.3 is 0 Å². The minimum atomic E-state index is -1.30. The molecule has 2 heterocycles. The normalized spacial score (nSPS) is 17.2. The highest BCUT2D eigenvalue weighted by molar-refractivity contribution is 6.06. The summed E-state index contributed by atoms with van der Waals surface area (Å²) in [6.45, 7) is 2.00. The summed E-state index contributed by atoms with van der Waals surface area (Å²) >= 11 is 0. The molecule has 152 valence electrons. The Labute approximate surface area is 175 Å². The summed E-state index contributed by atoms with van der Waals surface area (Å²) in [5.41, 5.74) is 3.77. The fourth-order valence-electron chi connectivity index (χ4n) is 3.97. The van der Waals surface area contributed by atoms with E-state index in [0.717, 1.165) is 34.5 Å². The van der Waals surface area contributed by atoms with Gasteiger partial charge in [-0.1, -0.05) is 60.7 Å². The molecule has 3 aromatic carbocycles. The van der Waals surface area contributed by atoms with E-state index in [-0.39, 0.29) is 5.91 Å². The Morgan fingerprint density at radius 1 is 0.833 bits per heavy atom. The van der Waals surface area contributed by atoms with Crippen molar-refractivity contribution in [1.82, 2.24) is 0 Å². The van der Waals surface area contributed by atoms with Crippen LogP contribution in [0, 0.1) is 0 Å². The Morgan fingerprint density at radius 3 is 2.30 bits per heavy atom. The van der Waals surface area contributed by atoms with E-state index < -0.39 is 5.79 Å². The molecule has 0 aromatic heterocycles. The summed E-state index contributed by atoms with van der Waals surface area (Å²) in [5, 5.41) is 0. The van der Waals surface area contributed by atoms with E-state index in [9.17, 15) is 4.79 Å². The first-order chi connectivity index (χ1) is 14.8.